The Kier molecular flexibility index (Phi) is 5.69. The molecule has 35 heavy (non-hydrogen) atoms. The summed E-state index contributed by atoms with van der Waals surface area (Å²) >= 11 is 0. The summed E-state index contributed by atoms with van der Waals surface area (Å²) in [6.45, 7) is 2.01. The molecule has 3 atom stereocenters. The number of likely N-dealkylation sites (tertiary alicyclic amines) is 1. The molecule has 0 bridgehead atoms. The molecule has 2 aliphatic rings. The molecule has 0 radical (unpaired) electrons. The number of fused-ring (bicyclic) bond motifs is 1. The van der Waals surface area contributed by atoms with E-state index in [1.54, 1.807) is 0 Å². The first-order valence-electron chi connectivity index (χ1n) is 10.4. The minimum atomic E-state index is -4.74. The van der Waals surface area contributed by atoms with Crippen molar-refractivity contribution in [1.82, 2.24) is 10.1 Å². The molecule has 2 heterocycles. The predicted octanol–water partition coefficient (Wildman–Crippen LogP) is 4.15. The van der Waals surface area contributed by atoms with E-state index in [2.05, 4.69) is 9.68 Å². The van der Waals surface area contributed by atoms with Gasteiger partial charge in [0, 0.05) is 30.3 Å². The summed E-state index contributed by atoms with van der Waals surface area (Å²) in [5.74, 6) is -2.72. The molecule has 2 fully saturated rings. The van der Waals surface area contributed by atoms with Gasteiger partial charge < -0.3 is 14.2 Å². The van der Waals surface area contributed by atoms with E-state index in [9.17, 15) is 39.6 Å². The lowest BCUT2D eigenvalue weighted by molar-refractivity contribution is -0.189. The zero-order valence-electron chi connectivity index (χ0n) is 18.6. The maximum atomic E-state index is 13.3. The van der Waals surface area contributed by atoms with Crippen LogP contribution in [0.15, 0.2) is 27.6 Å². The molecule has 1 saturated carbocycles. The van der Waals surface area contributed by atoms with Gasteiger partial charge in [-0.15, -0.1) is 0 Å². The Morgan fingerprint density at radius 3 is 2.46 bits per heavy atom. The van der Waals surface area contributed by atoms with Crippen LogP contribution < -0.4 is 4.74 Å². The summed E-state index contributed by atoms with van der Waals surface area (Å²) in [6.07, 6.45) is -10.4. The van der Waals surface area contributed by atoms with Crippen LogP contribution >= 0.6 is 0 Å². The van der Waals surface area contributed by atoms with E-state index in [0.29, 0.717) is 6.42 Å². The predicted molar refractivity (Wildman–Crippen MR) is 108 cm³/mol. The summed E-state index contributed by atoms with van der Waals surface area (Å²) in [6, 6.07) is 2.95. The van der Waals surface area contributed by atoms with E-state index in [1.807, 2.05) is 0 Å². The molecule has 1 aromatic carbocycles. The number of piperidine rings is 1. The molecule has 1 aromatic heterocycles. The average molecular weight is 526 g/mol. The Morgan fingerprint density at radius 2 is 1.91 bits per heavy atom. The molecule has 0 N–H and O–H groups in total. The number of carbonyl (C=O) groups is 1. The number of rotatable bonds is 5. The SMILES string of the molecule is Cc1c(C23CC2CN(C(=O)c2cc(S(C)(=O)=O)ccc2OC(C)C(F)(F)F)C3)noc1C(F)(F)F. The molecule has 3 unspecified atom stereocenters. The van der Waals surface area contributed by atoms with Crippen molar-refractivity contribution >= 4 is 15.7 Å². The zero-order chi connectivity index (χ0) is 26.1. The smallest absolute Gasteiger partial charge is 0.452 e. The summed E-state index contributed by atoms with van der Waals surface area (Å²) in [7, 11) is -3.81. The monoisotopic (exact) mass is 526 g/mol. The first-order chi connectivity index (χ1) is 15.9. The van der Waals surface area contributed by atoms with Crippen molar-refractivity contribution < 1.29 is 48.8 Å². The van der Waals surface area contributed by atoms with Crippen molar-refractivity contribution in [3.63, 3.8) is 0 Å². The highest BCUT2D eigenvalue weighted by molar-refractivity contribution is 7.90. The topological polar surface area (TPSA) is 89.7 Å². The van der Waals surface area contributed by atoms with Gasteiger partial charge >= 0.3 is 12.4 Å². The Balaban J connectivity index is 1.66. The van der Waals surface area contributed by atoms with Crippen molar-refractivity contribution in [3.05, 3.63) is 40.8 Å². The Bertz CT molecular complexity index is 1290. The zero-order valence-corrected chi connectivity index (χ0v) is 19.4. The van der Waals surface area contributed by atoms with Gasteiger partial charge in [0.1, 0.15) is 5.75 Å². The van der Waals surface area contributed by atoms with Crippen LogP contribution in [-0.2, 0) is 21.4 Å². The highest BCUT2D eigenvalue weighted by Gasteiger charge is 2.64. The number of aromatic nitrogens is 1. The van der Waals surface area contributed by atoms with E-state index in [4.69, 9.17) is 4.74 Å². The average Bonchev–Trinajstić information content (AvgIpc) is 3.05. The van der Waals surface area contributed by atoms with Crippen molar-refractivity contribution in [1.29, 1.82) is 0 Å². The number of ether oxygens (including phenoxy) is 1. The number of nitrogens with zero attached hydrogens (tertiary/aromatic N) is 2. The normalized spacial score (nSPS) is 23.2. The number of halogens is 6. The van der Waals surface area contributed by atoms with Crippen molar-refractivity contribution in [2.45, 2.75) is 49.0 Å². The lowest BCUT2D eigenvalue weighted by Crippen LogP contribution is -2.35. The molecule has 1 amide bonds. The first kappa shape index (κ1) is 25.3. The molecule has 192 valence electrons. The van der Waals surface area contributed by atoms with Crippen LogP contribution in [0.25, 0.3) is 0 Å². The Labute approximate surface area is 195 Å². The fraction of sp³-hybridized carbons (Fsp3) is 0.524. The molecule has 1 aliphatic heterocycles. The van der Waals surface area contributed by atoms with Crippen molar-refractivity contribution in [2.75, 3.05) is 19.3 Å². The molecule has 1 aliphatic carbocycles. The third-order valence-corrected chi connectivity index (χ3v) is 7.57. The molecule has 0 spiro atoms. The fourth-order valence-electron chi connectivity index (χ4n) is 4.51. The van der Waals surface area contributed by atoms with Gasteiger partial charge in [0.2, 0.25) is 5.76 Å². The Morgan fingerprint density at radius 1 is 1.26 bits per heavy atom. The summed E-state index contributed by atoms with van der Waals surface area (Å²) in [5, 5.41) is 3.61. The van der Waals surface area contributed by atoms with Crippen molar-refractivity contribution in [3.8, 4) is 5.75 Å². The van der Waals surface area contributed by atoms with Crippen LogP contribution in [0.3, 0.4) is 0 Å². The van der Waals surface area contributed by atoms with Gasteiger partial charge in [0.15, 0.2) is 15.9 Å². The third kappa shape index (κ3) is 4.47. The second-order valence-corrected chi connectivity index (χ2v) is 11.0. The quantitative estimate of drug-likeness (QED) is 0.544. The second-order valence-electron chi connectivity index (χ2n) is 8.96. The largest absolute Gasteiger partial charge is 0.480 e. The number of hydrogen-bond acceptors (Lipinski definition) is 6. The molecular weight excluding hydrogens is 506 g/mol. The molecule has 1 saturated heterocycles. The summed E-state index contributed by atoms with van der Waals surface area (Å²) in [4.78, 5) is 14.3. The van der Waals surface area contributed by atoms with Gasteiger partial charge in [-0.25, -0.2) is 8.42 Å². The minimum Gasteiger partial charge on any atom is -0.480 e. The van der Waals surface area contributed by atoms with E-state index in [1.165, 1.54) is 11.8 Å². The number of hydrogen-bond donors (Lipinski definition) is 0. The molecular formula is C21H20F6N2O5S. The van der Waals surface area contributed by atoms with Crippen LogP contribution in [0.4, 0.5) is 26.3 Å². The van der Waals surface area contributed by atoms with E-state index < -0.39 is 56.7 Å². The van der Waals surface area contributed by atoms with Crippen LogP contribution in [0.2, 0.25) is 0 Å². The third-order valence-electron chi connectivity index (χ3n) is 6.46. The molecule has 2 aromatic rings. The molecule has 4 rings (SSSR count). The maximum absolute atomic E-state index is 13.3. The number of alkyl halides is 6. The first-order valence-corrected chi connectivity index (χ1v) is 12.2. The van der Waals surface area contributed by atoms with Gasteiger partial charge in [0.25, 0.3) is 5.91 Å². The summed E-state index contributed by atoms with van der Waals surface area (Å²) in [5.41, 5.74) is -1.37. The fourth-order valence-corrected chi connectivity index (χ4v) is 5.15. The van der Waals surface area contributed by atoms with E-state index >= 15 is 0 Å². The van der Waals surface area contributed by atoms with Gasteiger partial charge in [-0.3, -0.25) is 4.79 Å². The molecule has 14 heteroatoms. The maximum Gasteiger partial charge on any atom is 0.452 e. The number of sulfone groups is 1. The van der Waals surface area contributed by atoms with Gasteiger partial charge in [-0.1, -0.05) is 5.16 Å². The number of benzene rings is 1. The van der Waals surface area contributed by atoms with Crippen LogP contribution in [-0.4, -0.2) is 56.0 Å². The highest BCUT2D eigenvalue weighted by atomic mass is 32.2. The molecule has 7 nitrogen and oxygen atoms in total. The van der Waals surface area contributed by atoms with E-state index in [-0.39, 0.29) is 35.2 Å². The van der Waals surface area contributed by atoms with Gasteiger partial charge in [0.05, 0.1) is 16.2 Å². The van der Waals surface area contributed by atoms with Gasteiger partial charge in [-0.2, -0.15) is 26.3 Å². The van der Waals surface area contributed by atoms with Crippen LogP contribution in [0, 0.1) is 12.8 Å². The van der Waals surface area contributed by atoms with Crippen LogP contribution in [0.5, 0.6) is 5.75 Å². The standard InChI is InChI=1S/C21H20F6N2O5S/c1-10-16(28-34-17(10)21(25,26)27)19-7-12(19)8-29(9-19)18(30)14-6-13(35(3,31)32)4-5-15(14)33-11(2)20(22,23)24/h4-6,11-12H,7-9H2,1-3H3. The van der Waals surface area contributed by atoms with Crippen LogP contribution in [0.1, 0.15) is 40.7 Å². The van der Waals surface area contributed by atoms with E-state index in [0.717, 1.165) is 31.4 Å². The van der Waals surface area contributed by atoms with Crippen molar-refractivity contribution in [2.24, 2.45) is 5.92 Å². The Hall–Kier alpha value is -2.77. The number of carbonyl (C=O) groups excluding carboxylic acids is 1. The van der Waals surface area contributed by atoms with Gasteiger partial charge in [-0.05, 0) is 44.4 Å². The lowest BCUT2D eigenvalue weighted by Gasteiger charge is -2.24. The second kappa shape index (κ2) is 7.87. The summed E-state index contributed by atoms with van der Waals surface area (Å²) < 4.78 is 112. The highest BCUT2D eigenvalue weighted by Crippen LogP contribution is 2.60. The minimum absolute atomic E-state index is 0.0570. The number of amides is 1. The lowest BCUT2D eigenvalue weighted by atomic mass is 9.97.